The summed E-state index contributed by atoms with van der Waals surface area (Å²) in [6.07, 6.45) is 0. The van der Waals surface area contributed by atoms with Gasteiger partial charge in [0.1, 0.15) is 5.75 Å². The molecule has 1 aliphatic heterocycles. The Balaban J connectivity index is 1.55. The molecule has 0 atom stereocenters. The van der Waals surface area contributed by atoms with Crippen molar-refractivity contribution in [1.29, 1.82) is 5.26 Å². The van der Waals surface area contributed by atoms with Crippen LogP contribution in [0.4, 0.5) is 0 Å². The number of piperazine rings is 1. The number of nitriles is 1. The third-order valence-corrected chi connectivity index (χ3v) is 4.42. The summed E-state index contributed by atoms with van der Waals surface area (Å²) in [7, 11) is 2.06. The summed E-state index contributed by atoms with van der Waals surface area (Å²) < 4.78 is 5.63. The van der Waals surface area contributed by atoms with E-state index in [1.54, 1.807) is 12.1 Å². The summed E-state index contributed by atoms with van der Waals surface area (Å²) in [4.78, 5) is 16.3. The van der Waals surface area contributed by atoms with Crippen molar-refractivity contribution >= 4 is 5.91 Å². The largest absolute Gasteiger partial charge is 0.484 e. The van der Waals surface area contributed by atoms with Crippen LogP contribution in [0.3, 0.4) is 0 Å². The van der Waals surface area contributed by atoms with Crippen molar-refractivity contribution in [2.75, 3.05) is 39.8 Å². The Morgan fingerprint density at radius 3 is 2.12 bits per heavy atom. The molecule has 25 heavy (non-hydrogen) atoms. The van der Waals surface area contributed by atoms with E-state index in [-0.39, 0.29) is 12.5 Å². The Morgan fingerprint density at radius 2 is 1.56 bits per heavy atom. The van der Waals surface area contributed by atoms with Gasteiger partial charge in [-0.25, -0.2) is 0 Å². The Bertz CT molecular complexity index is 755. The molecule has 1 fully saturated rings. The SMILES string of the molecule is CN1CCN(C(=O)COc2ccc(-c3ccc(C#N)cc3)cc2)CC1. The van der Waals surface area contributed by atoms with Crippen molar-refractivity contribution < 1.29 is 9.53 Å². The molecule has 0 bridgehead atoms. The summed E-state index contributed by atoms with van der Waals surface area (Å²) in [6.45, 7) is 3.41. The average Bonchev–Trinajstić information content (AvgIpc) is 2.67. The van der Waals surface area contributed by atoms with E-state index < -0.39 is 0 Å². The number of hydrogen-bond acceptors (Lipinski definition) is 4. The summed E-state index contributed by atoms with van der Waals surface area (Å²) >= 11 is 0. The number of carbonyl (C=O) groups excluding carboxylic acids is 1. The molecule has 0 saturated carbocycles. The summed E-state index contributed by atoms with van der Waals surface area (Å²) in [5.74, 6) is 0.712. The van der Waals surface area contributed by atoms with Crippen molar-refractivity contribution in [3.05, 3.63) is 54.1 Å². The number of rotatable bonds is 4. The number of carbonyl (C=O) groups is 1. The Labute approximate surface area is 148 Å². The molecule has 5 heteroatoms. The smallest absolute Gasteiger partial charge is 0.260 e. The van der Waals surface area contributed by atoms with E-state index in [1.807, 2.05) is 41.3 Å². The molecule has 1 aliphatic rings. The van der Waals surface area contributed by atoms with Crippen LogP contribution in [0.15, 0.2) is 48.5 Å². The molecule has 3 rings (SSSR count). The summed E-state index contributed by atoms with van der Waals surface area (Å²) in [6, 6.07) is 17.2. The molecule has 0 spiro atoms. The van der Waals surface area contributed by atoms with Crippen molar-refractivity contribution in [3.63, 3.8) is 0 Å². The van der Waals surface area contributed by atoms with Gasteiger partial charge in [0.15, 0.2) is 6.61 Å². The molecule has 0 radical (unpaired) electrons. The third-order valence-electron chi connectivity index (χ3n) is 4.42. The minimum Gasteiger partial charge on any atom is -0.484 e. The minimum absolute atomic E-state index is 0.0317. The number of ether oxygens (including phenoxy) is 1. The van der Waals surface area contributed by atoms with Crippen molar-refractivity contribution in [3.8, 4) is 22.9 Å². The maximum atomic E-state index is 12.2. The van der Waals surface area contributed by atoms with Gasteiger partial charge in [-0.2, -0.15) is 5.26 Å². The van der Waals surface area contributed by atoms with Gasteiger partial charge in [-0.1, -0.05) is 24.3 Å². The fourth-order valence-corrected chi connectivity index (χ4v) is 2.77. The van der Waals surface area contributed by atoms with Crippen molar-refractivity contribution in [2.45, 2.75) is 0 Å². The fraction of sp³-hybridized carbons (Fsp3) is 0.300. The summed E-state index contributed by atoms with van der Waals surface area (Å²) in [5.41, 5.74) is 2.73. The first-order valence-electron chi connectivity index (χ1n) is 8.35. The van der Waals surface area contributed by atoms with E-state index in [0.717, 1.165) is 37.3 Å². The van der Waals surface area contributed by atoms with Gasteiger partial charge in [-0.05, 0) is 42.4 Å². The van der Waals surface area contributed by atoms with Gasteiger partial charge in [0.2, 0.25) is 0 Å². The number of hydrogen-bond donors (Lipinski definition) is 0. The predicted molar refractivity (Wildman–Crippen MR) is 96.2 cm³/mol. The summed E-state index contributed by atoms with van der Waals surface area (Å²) in [5, 5.41) is 8.85. The molecule has 2 aromatic carbocycles. The second-order valence-corrected chi connectivity index (χ2v) is 6.19. The van der Waals surface area contributed by atoms with Crippen LogP contribution in [0, 0.1) is 11.3 Å². The second kappa shape index (κ2) is 7.82. The highest BCUT2D eigenvalue weighted by Gasteiger charge is 2.19. The Morgan fingerprint density at radius 1 is 1.00 bits per heavy atom. The van der Waals surface area contributed by atoms with Gasteiger partial charge in [0.25, 0.3) is 5.91 Å². The molecule has 128 valence electrons. The van der Waals surface area contributed by atoms with E-state index in [1.165, 1.54) is 0 Å². The van der Waals surface area contributed by atoms with Gasteiger partial charge in [-0.3, -0.25) is 4.79 Å². The zero-order chi connectivity index (χ0) is 17.6. The van der Waals surface area contributed by atoms with E-state index in [2.05, 4.69) is 18.0 Å². The second-order valence-electron chi connectivity index (χ2n) is 6.19. The molecule has 1 amide bonds. The van der Waals surface area contributed by atoms with Gasteiger partial charge < -0.3 is 14.5 Å². The normalized spacial score (nSPS) is 14.8. The zero-order valence-corrected chi connectivity index (χ0v) is 14.3. The van der Waals surface area contributed by atoms with E-state index in [0.29, 0.717) is 11.3 Å². The Kier molecular flexibility index (Phi) is 5.32. The molecular formula is C20H21N3O2. The number of benzene rings is 2. The van der Waals surface area contributed by atoms with Crippen LogP contribution < -0.4 is 4.74 Å². The van der Waals surface area contributed by atoms with Crippen LogP contribution in [0.5, 0.6) is 5.75 Å². The van der Waals surface area contributed by atoms with Crippen molar-refractivity contribution in [2.24, 2.45) is 0 Å². The molecule has 2 aromatic rings. The molecule has 5 nitrogen and oxygen atoms in total. The monoisotopic (exact) mass is 335 g/mol. The van der Waals surface area contributed by atoms with Gasteiger partial charge in [0.05, 0.1) is 11.6 Å². The molecule has 1 heterocycles. The highest BCUT2D eigenvalue weighted by Crippen LogP contribution is 2.22. The maximum absolute atomic E-state index is 12.2. The highest BCUT2D eigenvalue weighted by molar-refractivity contribution is 5.78. The minimum atomic E-state index is 0.0317. The standard InChI is InChI=1S/C20H21N3O2/c1-22-10-12-23(13-11-22)20(24)15-25-19-8-6-18(7-9-19)17-4-2-16(14-21)3-5-17/h2-9H,10-13,15H2,1H3. The van der Waals surface area contributed by atoms with Crippen LogP contribution in [-0.4, -0.2) is 55.5 Å². The van der Waals surface area contributed by atoms with E-state index in [4.69, 9.17) is 10.00 Å². The highest BCUT2D eigenvalue weighted by atomic mass is 16.5. The van der Waals surface area contributed by atoms with Crippen LogP contribution in [0.2, 0.25) is 0 Å². The van der Waals surface area contributed by atoms with Crippen LogP contribution in [0.1, 0.15) is 5.56 Å². The van der Waals surface area contributed by atoms with Crippen LogP contribution in [-0.2, 0) is 4.79 Å². The predicted octanol–water partition coefficient (Wildman–Crippen LogP) is 2.38. The first kappa shape index (κ1) is 17.0. The third kappa shape index (κ3) is 4.37. The number of amides is 1. The number of likely N-dealkylation sites (N-methyl/N-ethyl adjacent to an activating group) is 1. The lowest BCUT2D eigenvalue weighted by Gasteiger charge is -2.32. The molecule has 0 aliphatic carbocycles. The topological polar surface area (TPSA) is 56.6 Å². The number of nitrogens with zero attached hydrogens (tertiary/aromatic N) is 3. The molecule has 0 aromatic heterocycles. The van der Waals surface area contributed by atoms with Crippen LogP contribution in [0.25, 0.3) is 11.1 Å². The van der Waals surface area contributed by atoms with E-state index >= 15 is 0 Å². The molecule has 0 N–H and O–H groups in total. The van der Waals surface area contributed by atoms with Gasteiger partial charge >= 0.3 is 0 Å². The fourth-order valence-electron chi connectivity index (χ4n) is 2.77. The van der Waals surface area contributed by atoms with Crippen molar-refractivity contribution in [1.82, 2.24) is 9.80 Å². The maximum Gasteiger partial charge on any atom is 0.260 e. The average molecular weight is 335 g/mol. The van der Waals surface area contributed by atoms with Gasteiger partial charge in [0, 0.05) is 26.2 Å². The lowest BCUT2D eigenvalue weighted by molar-refractivity contribution is -0.134. The molecule has 0 unspecified atom stereocenters. The molecular weight excluding hydrogens is 314 g/mol. The van der Waals surface area contributed by atoms with E-state index in [9.17, 15) is 4.79 Å². The van der Waals surface area contributed by atoms with Gasteiger partial charge in [-0.15, -0.1) is 0 Å². The van der Waals surface area contributed by atoms with Crippen LogP contribution >= 0.6 is 0 Å². The Hall–Kier alpha value is -2.84. The molecule has 1 saturated heterocycles. The first-order valence-corrected chi connectivity index (χ1v) is 8.35. The lowest BCUT2D eigenvalue weighted by atomic mass is 10.0. The zero-order valence-electron chi connectivity index (χ0n) is 14.3. The quantitative estimate of drug-likeness (QED) is 0.861. The first-order chi connectivity index (χ1) is 12.2. The lowest BCUT2D eigenvalue weighted by Crippen LogP contribution is -2.48.